The molecule has 6 heteroatoms. The number of carbonyl (C=O) groups excluding carboxylic acids is 1. The van der Waals surface area contributed by atoms with Crippen LogP contribution in [0.3, 0.4) is 0 Å². The van der Waals surface area contributed by atoms with E-state index in [-0.39, 0.29) is 22.9 Å². The molecule has 1 aliphatic carbocycles. The summed E-state index contributed by atoms with van der Waals surface area (Å²) in [6.07, 6.45) is 8.55. The zero-order valence-corrected chi connectivity index (χ0v) is 20.0. The second kappa shape index (κ2) is 10.9. The molecule has 0 spiro atoms. The minimum absolute atomic E-state index is 0.0818. The lowest BCUT2D eigenvalue weighted by molar-refractivity contribution is -0.119. The van der Waals surface area contributed by atoms with Crippen LogP contribution in [-0.4, -0.2) is 24.2 Å². The maximum Gasteiger partial charge on any atom is 0.241 e. The molecule has 2 aromatic rings. The van der Waals surface area contributed by atoms with Crippen molar-refractivity contribution in [2.24, 2.45) is 5.92 Å². The molecule has 1 N–H and O–H groups in total. The van der Waals surface area contributed by atoms with Crippen LogP contribution in [0.1, 0.15) is 44.6 Å². The van der Waals surface area contributed by atoms with Crippen molar-refractivity contribution in [3.8, 4) is 0 Å². The first-order valence-electron chi connectivity index (χ1n) is 11.4. The first-order valence-corrected chi connectivity index (χ1v) is 12.7. The Morgan fingerprint density at radius 3 is 2.88 bits per heavy atom. The number of hydrogen-bond acceptors (Lipinski definition) is 3. The Morgan fingerprint density at radius 1 is 1.25 bits per heavy atom. The summed E-state index contributed by atoms with van der Waals surface area (Å²) in [5.41, 5.74) is 3.20. The average Bonchev–Trinajstić information content (AvgIpc) is 2.80. The van der Waals surface area contributed by atoms with Crippen LogP contribution in [0.2, 0.25) is 5.02 Å². The van der Waals surface area contributed by atoms with Crippen molar-refractivity contribution in [1.82, 2.24) is 5.32 Å². The van der Waals surface area contributed by atoms with Gasteiger partial charge in [0.05, 0.1) is 17.5 Å². The summed E-state index contributed by atoms with van der Waals surface area (Å²) in [7, 11) is 0. The SMILES string of the molecule is C[C@@H](CNCCC1=CCCCC1)[C@H]1Sc2ccccc2N(Cc2ccc(F)cc2Cl)C1=O. The third-order valence-corrected chi connectivity index (χ3v) is 8.13. The zero-order chi connectivity index (χ0) is 22.5. The van der Waals surface area contributed by atoms with Crippen LogP contribution in [0.25, 0.3) is 0 Å². The van der Waals surface area contributed by atoms with Gasteiger partial charge in [0.2, 0.25) is 5.91 Å². The normalized spacial score (nSPS) is 19.5. The van der Waals surface area contributed by atoms with Crippen LogP contribution >= 0.6 is 23.4 Å². The van der Waals surface area contributed by atoms with E-state index in [1.807, 2.05) is 18.2 Å². The zero-order valence-electron chi connectivity index (χ0n) is 18.4. The van der Waals surface area contributed by atoms with Crippen LogP contribution in [0, 0.1) is 11.7 Å². The summed E-state index contributed by atoms with van der Waals surface area (Å²) in [6, 6.07) is 12.3. The van der Waals surface area contributed by atoms with Gasteiger partial charge in [-0.1, -0.05) is 48.4 Å². The fourth-order valence-electron chi connectivity index (χ4n) is 4.40. The average molecular weight is 473 g/mol. The summed E-state index contributed by atoms with van der Waals surface area (Å²) in [6.45, 7) is 4.22. The van der Waals surface area contributed by atoms with Gasteiger partial charge in [-0.3, -0.25) is 4.79 Å². The molecule has 0 saturated heterocycles. The number of benzene rings is 2. The standard InChI is InChI=1S/C26H30ClFN2OS/c1-18(16-29-14-13-19-7-3-2-4-8-19)25-26(31)30(23-9-5-6-10-24(23)32-25)17-20-11-12-21(28)15-22(20)27/h5-7,9-12,15,18,25,29H,2-4,8,13-14,16-17H2,1H3/t18-,25+/m0/s1. The van der Waals surface area contributed by atoms with Crippen molar-refractivity contribution in [1.29, 1.82) is 0 Å². The first kappa shape index (κ1) is 23.3. The first-order chi connectivity index (χ1) is 15.5. The van der Waals surface area contributed by atoms with Gasteiger partial charge in [0.1, 0.15) is 5.82 Å². The molecule has 1 heterocycles. The van der Waals surface area contributed by atoms with Gasteiger partial charge < -0.3 is 10.2 Å². The number of amides is 1. The van der Waals surface area contributed by atoms with E-state index in [1.54, 1.807) is 28.3 Å². The molecule has 0 unspecified atom stereocenters. The molecule has 4 rings (SSSR count). The topological polar surface area (TPSA) is 32.3 Å². The van der Waals surface area contributed by atoms with Crippen LogP contribution in [0.5, 0.6) is 0 Å². The summed E-state index contributed by atoms with van der Waals surface area (Å²) < 4.78 is 13.5. The van der Waals surface area contributed by atoms with E-state index >= 15 is 0 Å². The minimum atomic E-state index is -0.374. The van der Waals surface area contributed by atoms with Crippen molar-refractivity contribution in [3.05, 3.63) is 70.5 Å². The highest BCUT2D eigenvalue weighted by Crippen LogP contribution is 2.42. The highest BCUT2D eigenvalue weighted by Gasteiger charge is 2.36. The molecule has 1 amide bonds. The minimum Gasteiger partial charge on any atom is -0.316 e. The number of carbonyl (C=O) groups is 1. The summed E-state index contributed by atoms with van der Waals surface area (Å²) in [5.74, 6) is -0.119. The molecule has 0 saturated carbocycles. The highest BCUT2D eigenvalue weighted by molar-refractivity contribution is 8.01. The molecular weight excluding hydrogens is 443 g/mol. The summed E-state index contributed by atoms with van der Waals surface area (Å²) in [5, 5.41) is 3.74. The van der Waals surface area contributed by atoms with E-state index in [4.69, 9.17) is 11.6 Å². The van der Waals surface area contributed by atoms with Crippen molar-refractivity contribution in [2.75, 3.05) is 18.0 Å². The molecule has 0 fully saturated rings. The Kier molecular flexibility index (Phi) is 7.93. The highest BCUT2D eigenvalue weighted by atomic mass is 35.5. The fraction of sp³-hybridized carbons (Fsp3) is 0.423. The van der Waals surface area contributed by atoms with Crippen LogP contribution in [0.15, 0.2) is 59.0 Å². The van der Waals surface area contributed by atoms with Gasteiger partial charge in [-0.2, -0.15) is 0 Å². The Bertz CT molecular complexity index is 996. The van der Waals surface area contributed by atoms with Gasteiger partial charge in [-0.25, -0.2) is 4.39 Å². The van der Waals surface area contributed by atoms with E-state index in [0.29, 0.717) is 11.6 Å². The van der Waals surface area contributed by atoms with Crippen LogP contribution in [0.4, 0.5) is 10.1 Å². The number of para-hydroxylation sites is 1. The largest absolute Gasteiger partial charge is 0.316 e. The maximum atomic E-state index is 13.5. The number of fused-ring (bicyclic) bond motifs is 1. The monoisotopic (exact) mass is 472 g/mol. The van der Waals surface area contributed by atoms with E-state index in [0.717, 1.165) is 35.7 Å². The molecule has 32 heavy (non-hydrogen) atoms. The number of allylic oxidation sites excluding steroid dienone is 1. The van der Waals surface area contributed by atoms with Gasteiger partial charge in [0.25, 0.3) is 0 Å². The lowest BCUT2D eigenvalue weighted by Gasteiger charge is -2.36. The lowest BCUT2D eigenvalue weighted by Crippen LogP contribution is -2.45. The number of nitrogens with one attached hydrogen (secondary N) is 1. The molecule has 3 nitrogen and oxygen atoms in total. The number of nitrogens with zero attached hydrogens (tertiary/aromatic N) is 1. The van der Waals surface area contributed by atoms with Crippen molar-refractivity contribution >= 4 is 35.0 Å². The molecule has 0 aromatic heterocycles. The van der Waals surface area contributed by atoms with E-state index in [1.165, 1.54) is 37.8 Å². The Labute approximate surface area is 199 Å². The molecule has 0 bridgehead atoms. The van der Waals surface area contributed by atoms with Crippen molar-refractivity contribution < 1.29 is 9.18 Å². The second-order valence-corrected chi connectivity index (χ2v) is 10.3. The Balaban J connectivity index is 1.44. The van der Waals surface area contributed by atoms with E-state index in [9.17, 15) is 9.18 Å². The smallest absolute Gasteiger partial charge is 0.241 e. The number of thioether (sulfide) groups is 1. The van der Waals surface area contributed by atoms with E-state index < -0.39 is 0 Å². The van der Waals surface area contributed by atoms with Gasteiger partial charge in [0, 0.05) is 9.92 Å². The molecule has 2 aromatic carbocycles. The number of rotatable bonds is 8. The molecule has 2 aliphatic rings. The predicted molar refractivity (Wildman–Crippen MR) is 132 cm³/mol. The second-order valence-electron chi connectivity index (χ2n) is 8.71. The molecule has 170 valence electrons. The summed E-state index contributed by atoms with van der Waals surface area (Å²) >= 11 is 7.92. The number of halogens is 2. The maximum absolute atomic E-state index is 13.5. The fourth-order valence-corrected chi connectivity index (χ4v) is 5.91. The van der Waals surface area contributed by atoms with Crippen molar-refractivity contribution in [3.63, 3.8) is 0 Å². The van der Waals surface area contributed by atoms with Gasteiger partial charge in [-0.05, 0) is 80.9 Å². The molecule has 2 atom stereocenters. The number of anilines is 1. The predicted octanol–water partition coefficient (Wildman–Crippen LogP) is 6.60. The van der Waals surface area contributed by atoms with Gasteiger partial charge in [0.15, 0.2) is 0 Å². The third-order valence-electron chi connectivity index (χ3n) is 6.25. The van der Waals surface area contributed by atoms with Crippen LogP contribution in [-0.2, 0) is 11.3 Å². The Morgan fingerprint density at radius 2 is 2.09 bits per heavy atom. The summed E-state index contributed by atoms with van der Waals surface area (Å²) in [4.78, 5) is 16.4. The molecule has 1 aliphatic heterocycles. The van der Waals surface area contributed by atoms with E-state index in [2.05, 4.69) is 24.4 Å². The van der Waals surface area contributed by atoms with Gasteiger partial charge in [-0.15, -0.1) is 11.8 Å². The molecule has 0 radical (unpaired) electrons. The molecular formula is C26H30ClFN2OS. The van der Waals surface area contributed by atoms with Gasteiger partial charge >= 0.3 is 0 Å². The quantitative estimate of drug-likeness (QED) is 0.347. The lowest BCUT2D eigenvalue weighted by atomic mass is 9.97. The Hall–Kier alpha value is -1.82. The van der Waals surface area contributed by atoms with Crippen LogP contribution < -0.4 is 10.2 Å². The number of hydrogen-bond donors (Lipinski definition) is 1. The third kappa shape index (κ3) is 5.56. The van der Waals surface area contributed by atoms with Crippen molar-refractivity contribution in [2.45, 2.75) is 55.7 Å².